The van der Waals surface area contributed by atoms with E-state index in [1.807, 2.05) is 0 Å². The highest BCUT2D eigenvalue weighted by atomic mass is 16.6. The van der Waals surface area contributed by atoms with Crippen molar-refractivity contribution >= 4 is 0 Å². The third kappa shape index (κ3) is 2.98. The van der Waals surface area contributed by atoms with Crippen molar-refractivity contribution in [2.75, 3.05) is 26.4 Å². The lowest BCUT2D eigenvalue weighted by Crippen LogP contribution is -2.44. The van der Waals surface area contributed by atoms with Crippen molar-refractivity contribution in [3.63, 3.8) is 0 Å². The fraction of sp³-hybridized carbons (Fsp3) is 1.00. The van der Waals surface area contributed by atoms with Gasteiger partial charge in [0.1, 0.15) is 0 Å². The molecule has 0 amide bonds. The molecule has 0 aromatic rings. The second-order valence-corrected chi connectivity index (χ2v) is 6.88. The molecule has 1 saturated carbocycles. The minimum absolute atomic E-state index is 0.0639. The van der Waals surface area contributed by atoms with Gasteiger partial charge in [0.2, 0.25) is 0 Å². The van der Waals surface area contributed by atoms with Crippen LogP contribution in [0.1, 0.15) is 51.4 Å². The predicted octanol–water partition coefficient (Wildman–Crippen LogP) is 2.73. The van der Waals surface area contributed by atoms with Gasteiger partial charge in [-0.05, 0) is 50.0 Å². The lowest BCUT2D eigenvalue weighted by molar-refractivity contribution is -0.110. The van der Waals surface area contributed by atoms with Gasteiger partial charge in [-0.15, -0.1) is 0 Å². The Morgan fingerprint density at radius 3 is 2.74 bits per heavy atom. The van der Waals surface area contributed by atoms with Crippen LogP contribution in [0.5, 0.6) is 0 Å². The van der Waals surface area contributed by atoms with Crippen molar-refractivity contribution in [3.05, 3.63) is 0 Å². The Labute approximate surface area is 117 Å². The van der Waals surface area contributed by atoms with Crippen molar-refractivity contribution in [3.8, 4) is 0 Å². The maximum Gasteiger partial charge on any atom is 0.0939 e. The standard InChI is InChI=1S/C16H29NO2/c17-11-14-4-2-1-3-5-15(14)13-6-8-19-16(10-13)7-9-18-12-16/h13-15H,1-12,17H2. The fourth-order valence-corrected chi connectivity index (χ4v) is 4.62. The summed E-state index contributed by atoms with van der Waals surface area (Å²) in [7, 11) is 0. The van der Waals surface area contributed by atoms with Gasteiger partial charge in [0.05, 0.1) is 12.2 Å². The van der Waals surface area contributed by atoms with Crippen LogP contribution in [0, 0.1) is 17.8 Å². The van der Waals surface area contributed by atoms with E-state index in [0.29, 0.717) is 0 Å². The lowest BCUT2D eigenvalue weighted by atomic mass is 9.71. The molecule has 4 unspecified atom stereocenters. The van der Waals surface area contributed by atoms with Crippen LogP contribution in [-0.2, 0) is 9.47 Å². The highest BCUT2D eigenvalue weighted by Gasteiger charge is 2.44. The summed E-state index contributed by atoms with van der Waals surface area (Å²) in [5.41, 5.74) is 6.12. The van der Waals surface area contributed by atoms with Crippen molar-refractivity contribution in [2.24, 2.45) is 23.5 Å². The summed E-state index contributed by atoms with van der Waals surface area (Å²) >= 11 is 0. The van der Waals surface area contributed by atoms with E-state index in [0.717, 1.165) is 50.5 Å². The zero-order valence-corrected chi connectivity index (χ0v) is 12.1. The summed E-state index contributed by atoms with van der Waals surface area (Å²) in [5, 5.41) is 0. The summed E-state index contributed by atoms with van der Waals surface area (Å²) in [5.74, 6) is 2.42. The van der Waals surface area contributed by atoms with E-state index >= 15 is 0 Å². The molecular weight excluding hydrogens is 238 g/mol. The first-order valence-corrected chi connectivity index (χ1v) is 8.25. The van der Waals surface area contributed by atoms with Crippen LogP contribution in [0.2, 0.25) is 0 Å². The van der Waals surface area contributed by atoms with Gasteiger partial charge in [0.25, 0.3) is 0 Å². The zero-order chi connectivity index (χ0) is 13.1. The Balaban J connectivity index is 1.68. The van der Waals surface area contributed by atoms with Gasteiger partial charge in [-0.3, -0.25) is 0 Å². The Morgan fingerprint density at radius 2 is 1.95 bits per heavy atom. The zero-order valence-electron chi connectivity index (χ0n) is 12.1. The molecule has 3 aliphatic rings. The van der Waals surface area contributed by atoms with Crippen molar-refractivity contribution in [1.29, 1.82) is 0 Å². The Bertz CT molecular complexity index is 288. The molecule has 2 heterocycles. The maximum absolute atomic E-state index is 6.09. The van der Waals surface area contributed by atoms with E-state index in [-0.39, 0.29) is 5.60 Å². The van der Waals surface area contributed by atoms with Gasteiger partial charge in [0.15, 0.2) is 0 Å². The average Bonchev–Trinajstić information content (AvgIpc) is 2.75. The van der Waals surface area contributed by atoms with E-state index in [2.05, 4.69) is 0 Å². The third-order valence-electron chi connectivity index (χ3n) is 5.72. The van der Waals surface area contributed by atoms with Crippen LogP contribution in [0.4, 0.5) is 0 Å². The second-order valence-electron chi connectivity index (χ2n) is 6.88. The van der Waals surface area contributed by atoms with Crippen molar-refractivity contribution in [1.82, 2.24) is 0 Å². The number of nitrogens with two attached hydrogens (primary N) is 1. The first kappa shape index (κ1) is 13.8. The molecule has 110 valence electrons. The molecular formula is C16H29NO2. The summed E-state index contributed by atoms with van der Waals surface area (Å²) in [6.07, 6.45) is 10.5. The summed E-state index contributed by atoms with van der Waals surface area (Å²) < 4.78 is 11.7. The van der Waals surface area contributed by atoms with Crippen LogP contribution in [0.25, 0.3) is 0 Å². The number of hydrogen-bond acceptors (Lipinski definition) is 3. The maximum atomic E-state index is 6.09. The van der Waals surface area contributed by atoms with E-state index in [9.17, 15) is 0 Å². The van der Waals surface area contributed by atoms with Gasteiger partial charge >= 0.3 is 0 Å². The fourth-order valence-electron chi connectivity index (χ4n) is 4.62. The Morgan fingerprint density at radius 1 is 1.05 bits per heavy atom. The molecule has 0 aromatic carbocycles. The van der Waals surface area contributed by atoms with Crippen molar-refractivity contribution in [2.45, 2.75) is 57.0 Å². The van der Waals surface area contributed by atoms with Crippen LogP contribution in [0.3, 0.4) is 0 Å². The largest absolute Gasteiger partial charge is 0.378 e. The molecule has 2 aliphatic heterocycles. The number of hydrogen-bond donors (Lipinski definition) is 1. The third-order valence-corrected chi connectivity index (χ3v) is 5.72. The highest BCUT2D eigenvalue weighted by molar-refractivity contribution is 4.93. The monoisotopic (exact) mass is 267 g/mol. The molecule has 2 N–H and O–H groups in total. The van der Waals surface area contributed by atoms with E-state index in [1.165, 1.54) is 44.9 Å². The molecule has 1 aliphatic carbocycles. The Kier molecular flexibility index (Phi) is 4.45. The number of rotatable bonds is 2. The van der Waals surface area contributed by atoms with Gasteiger partial charge < -0.3 is 15.2 Å². The first-order chi connectivity index (χ1) is 9.33. The highest BCUT2D eigenvalue weighted by Crippen LogP contribution is 2.44. The van der Waals surface area contributed by atoms with Crippen LogP contribution < -0.4 is 5.73 Å². The van der Waals surface area contributed by atoms with Crippen LogP contribution in [0.15, 0.2) is 0 Å². The molecule has 2 saturated heterocycles. The van der Waals surface area contributed by atoms with Gasteiger partial charge in [0, 0.05) is 19.6 Å². The van der Waals surface area contributed by atoms with E-state index in [1.54, 1.807) is 0 Å². The average molecular weight is 267 g/mol. The minimum Gasteiger partial charge on any atom is -0.378 e. The van der Waals surface area contributed by atoms with E-state index in [4.69, 9.17) is 15.2 Å². The van der Waals surface area contributed by atoms with Crippen molar-refractivity contribution < 1.29 is 9.47 Å². The minimum atomic E-state index is 0.0639. The molecule has 19 heavy (non-hydrogen) atoms. The normalized spacial score (nSPS) is 44.4. The molecule has 1 spiro atoms. The number of ether oxygens (including phenoxy) is 2. The molecule has 0 radical (unpaired) electrons. The van der Waals surface area contributed by atoms with Crippen LogP contribution in [-0.4, -0.2) is 32.0 Å². The Hall–Kier alpha value is -0.120. The quantitative estimate of drug-likeness (QED) is 0.782. The first-order valence-electron chi connectivity index (χ1n) is 8.25. The molecule has 3 heteroatoms. The molecule has 4 atom stereocenters. The van der Waals surface area contributed by atoms with Crippen LogP contribution >= 0.6 is 0 Å². The SMILES string of the molecule is NCC1CCCCCC1C1CCOC2(CCOC2)C1. The van der Waals surface area contributed by atoms with Gasteiger partial charge in [-0.2, -0.15) is 0 Å². The second kappa shape index (κ2) is 6.11. The summed E-state index contributed by atoms with van der Waals surface area (Å²) in [6, 6.07) is 0. The van der Waals surface area contributed by atoms with Gasteiger partial charge in [-0.25, -0.2) is 0 Å². The summed E-state index contributed by atoms with van der Waals surface area (Å²) in [6.45, 7) is 3.52. The molecule has 3 nitrogen and oxygen atoms in total. The topological polar surface area (TPSA) is 44.5 Å². The molecule has 3 fully saturated rings. The smallest absolute Gasteiger partial charge is 0.0939 e. The molecule has 3 rings (SSSR count). The lowest BCUT2D eigenvalue weighted by Gasteiger charge is -2.42. The predicted molar refractivity (Wildman–Crippen MR) is 76.0 cm³/mol. The van der Waals surface area contributed by atoms with E-state index < -0.39 is 0 Å². The summed E-state index contributed by atoms with van der Waals surface area (Å²) in [4.78, 5) is 0. The molecule has 0 bridgehead atoms. The molecule has 0 aromatic heterocycles. The van der Waals surface area contributed by atoms with Gasteiger partial charge in [-0.1, -0.05) is 19.3 Å².